The molecule has 2 heterocycles. The van der Waals surface area contributed by atoms with Crippen LogP contribution in [0.5, 0.6) is 0 Å². The quantitative estimate of drug-likeness (QED) is 0.893. The molecule has 0 aromatic heterocycles. The second kappa shape index (κ2) is 5.62. The zero-order chi connectivity index (χ0) is 14.1. The van der Waals surface area contributed by atoms with Crippen molar-refractivity contribution in [2.45, 2.75) is 25.4 Å². The fourth-order valence-electron chi connectivity index (χ4n) is 3.35. The van der Waals surface area contributed by atoms with E-state index in [2.05, 4.69) is 27.7 Å². The summed E-state index contributed by atoms with van der Waals surface area (Å²) >= 11 is 6.45. The molecule has 2 unspecified atom stereocenters. The maximum absolute atomic E-state index is 11.8. The standard InChI is InChI=1S/C15H20ClN3O/c1-17-8-10-4-5-13(12(16)7-10)19-6-2-3-11-14(19)9-18-15(11)20/h4-5,7,11,14,17H,2-3,6,8-9H2,1H3,(H,18,20). The Morgan fingerprint density at radius 3 is 3.10 bits per heavy atom. The third-order valence-corrected chi connectivity index (χ3v) is 4.61. The molecule has 1 amide bonds. The molecule has 0 spiro atoms. The number of nitrogens with zero attached hydrogens (tertiary/aromatic N) is 1. The summed E-state index contributed by atoms with van der Waals surface area (Å²) in [6.45, 7) is 2.52. The number of amides is 1. The highest BCUT2D eigenvalue weighted by Gasteiger charge is 2.41. The second-order valence-electron chi connectivity index (χ2n) is 5.57. The van der Waals surface area contributed by atoms with Crippen molar-refractivity contribution in [3.05, 3.63) is 28.8 Å². The molecule has 2 atom stereocenters. The topological polar surface area (TPSA) is 44.4 Å². The largest absolute Gasteiger partial charge is 0.365 e. The summed E-state index contributed by atoms with van der Waals surface area (Å²) in [4.78, 5) is 14.1. The Kier molecular flexibility index (Phi) is 3.85. The van der Waals surface area contributed by atoms with Gasteiger partial charge < -0.3 is 15.5 Å². The second-order valence-corrected chi connectivity index (χ2v) is 5.98. The van der Waals surface area contributed by atoms with Crippen molar-refractivity contribution in [1.82, 2.24) is 10.6 Å². The van der Waals surface area contributed by atoms with Gasteiger partial charge in [0.15, 0.2) is 0 Å². The van der Waals surface area contributed by atoms with E-state index in [0.717, 1.165) is 43.2 Å². The fraction of sp³-hybridized carbons (Fsp3) is 0.533. The Balaban J connectivity index is 1.86. The van der Waals surface area contributed by atoms with Crippen LogP contribution in [0.3, 0.4) is 0 Å². The number of anilines is 1. The van der Waals surface area contributed by atoms with Gasteiger partial charge in [0.05, 0.1) is 22.7 Å². The van der Waals surface area contributed by atoms with Gasteiger partial charge in [-0.2, -0.15) is 0 Å². The van der Waals surface area contributed by atoms with Crippen molar-refractivity contribution in [2.24, 2.45) is 5.92 Å². The van der Waals surface area contributed by atoms with Crippen molar-refractivity contribution in [3.8, 4) is 0 Å². The highest BCUT2D eigenvalue weighted by atomic mass is 35.5. The van der Waals surface area contributed by atoms with Crippen molar-refractivity contribution in [1.29, 1.82) is 0 Å². The normalized spacial score (nSPS) is 25.5. The van der Waals surface area contributed by atoms with E-state index >= 15 is 0 Å². The van der Waals surface area contributed by atoms with Crippen LogP contribution in [0.1, 0.15) is 18.4 Å². The maximum Gasteiger partial charge on any atom is 0.225 e. The highest BCUT2D eigenvalue weighted by Crippen LogP contribution is 2.35. The molecule has 108 valence electrons. The van der Waals surface area contributed by atoms with Crippen LogP contribution in [0.2, 0.25) is 5.02 Å². The summed E-state index contributed by atoms with van der Waals surface area (Å²) in [5, 5.41) is 6.88. The van der Waals surface area contributed by atoms with Gasteiger partial charge in [0.1, 0.15) is 0 Å². The van der Waals surface area contributed by atoms with Gasteiger partial charge in [-0.1, -0.05) is 17.7 Å². The zero-order valence-electron chi connectivity index (χ0n) is 11.7. The van der Waals surface area contributed by atoms with Crippen molar-refractivity contribution >= 4 is 23.2 Å². The van der Waals surface area contributed by atoms with Crippen LogP contribution in [0.15, 0.2) is 18.2 Å². The number of fused-ring (bicyclic) bond motifs is 1. The first-order valence-corrected chi connectivity index (χ1v) is 7.56. The number of hydrogen-bond acceptors (Lipinski definition) is 3. The number of rotatable bonds is 3. The Morgan fingerprint density at radius 2 is 2.35 bits per heavy atom. The third-order valence-electron chi connectivity index (χ3n) is 4.30. The molecule has 1 aromatic carbocycles. The molecule has 4 nitrogen and oxygen atoms in total. The lowest BCUT2D eigenvalue weighted by molar-refractivity contribution is -0.122. The molecule has 5 heteroatoms. The zero-order valence-corrected chi connectivity index (χ0v) is 12.4. The van der Waals surface area contributed by atoms with Crippen molar-refractivity contribution in [2.75, 3.05) is 25.0 Å². The molecule has 2 fully saturated rings. The minimum Gasteiger partial charge on any atom is -0.365 e. The van der Waals surface area contributed by atoms with E-state index in [9.17, 15) is 4.79 Å². The van der Waals surface area contributed by atoms with Gasteiger partial charge >= 0.3 is 0 Å². The first kappa shape index (κ1) is 13.7. The first-order valence-electron chi connectivity index (χ1n) is 7.18. The molecule has 0 aliphatic carbocycles. The molecule has 0 radical (unpaired) electrons. The maximum atomic E-state index is 11.8. The molecule has 20 heavy (non-hydrogen) atoms. The number of nitrogens with one attached hydrogen (secondary N) is 2. The molecule has 3 rings (SSSR count). The van der Waals surface area contributed by atoms with Crippen LogP contribution in [-0.4, -0.2) is 32.1 Å². The average Bonchev–Trinajstić information content (AvgIpc) is 2.82. The van der Waals surface area contributed by atoms with Gasteiger partial charge in [0.25, 0.3) is 0 Å². The van der Waals surface area contributed by atoms with Gasteiger partial charge in [-0.25, -0.2) is 0 Å². The van der Waals surface area contributed by atoms with Crippen molar-refractivity contribution in [3.63, 3.8) is 0 Å². The summed E-state index contributed by atoms with van der Waals surface area (Å²) in [7, 11) is 1.92. The molecular weight excluding hydrogens is 274 g/mol. The number of hydrogen-bond donors (Lipinski definition) is 2. The lowest BCUT2D eigenvalue weighted by Crippen LogP contribution is -2.45. The SMILES string of the molecule is CNCc1ccc(N2CCCC3C(=O)NCC32)c(Cl)c1. The average molecular weight is 294 g/mol. The van der Waals surface area contributed by atoms with Gasteiger partial charge in [-0.15, -0.1) is 0 Å². The number of piperidine rings is 1. The van der Waals surface area contributed by atoms with E-state index in [0.29, 0.717) is 0 Å². The Hall–Kier alpha value is -1.26. The van der Waals surface area contributed by atoms with Gasteiger partial charge in [0, 0.05) is 19.6 Å². The molecule has 2 saturated heterocycles. The van der Waals surface area contributed by atoms with Crippen LogP contribution >= 0.6 is 11.6 Å². The van der Waals surface area contributed by atoms with Crippen LogP contribution in [-0.2, 0) is 11.3 Å². The number of halogens is 1. The van der Waals surface area contributed by atoms with Gasteiger partial charge in [0.2, 0.25) is 5.91 Å². The molecule has 2 aliphatic rings. The summed E-state index contributed by atoms with van der Waals surface area (Å²) in [6.07, 6.45) is 2.03. The van der Waals surface area contributed by atoms with E-state index in [1.54, 1.807) is 0 Å². The van der Waals surface area contributed by atoms with E-state index in [-0.39, 0.29) is 17.9 Å². The smallest absolute Gasteiger partial charge is 0.225 e. The lowest BCUT2D eigenvalue weighted by atomic mass is 9.91. The number of carbonyl (C=O) groups is 1. The number of benzene rings is 1. The summed E-state index contributed by atoms with van der Waals surface area (Å²) < 4.78 is 0. The summed E-state index contributed by atoms with van der Waals surface area (Å²) in [6, 6.07) is 6.45. The van der Waals surface area contributed by atoms with Crippen molar-refractivity contribution < 1.29 is 4.79 Å². The Labute approximate surface area is 124 Å². The molecule has 0 saturated carbocycles. The van der Waals surface area contributed by atoms with E-state index in [1.165, 1.54) is 5.56 Å². The fourth-order valence-corrected chi connectivity index (χ4v) is 3.66. The molecule has 2 aliphatic heterocycles. The van der Waals surface area contributed by atoms with E-state index in [1.807, 2.05) is 13.1 Å². The first-order chi connectivity index (χ1) is 9.70. The predicted octanol–water partition coefficient (Wildman–Crippen LogP) is 1.77. The molecular formula is C15H20ClN3O. The molecule has 0 bridgehead atoms. The Bertz CT molecular complexity index is 520. The summed E-state index contributed by atoms with van der Waals surface area (Å²) in [5.74, 6) is 0.319. The molecule has 1 aromatic rings. The van der Waals surface area contributed by atoms with Crippen LogP contribution < -0.4 is 15.5 Å². The van der Waals surface area contributed by atoms with Gasteiger partial charge in [-0.05, 0) is 37.6 Å². The Morgan fingerprint density at radius 1 is 1.50 bits per heavy atom. The van der Waals surface area contributed by atoms with Crippen LogP contribution in [0, 0.1) is 5.92 Å². The highest BCUT2D eigenvalue weighted by molar-refractivity contribution is 6.33. The van der Waals surface area contributed by atoms with E-state index < -0.39 is 0 Å². The number of carbonyl (C=O) groups excluding carboxylic acids is 1. The lowest BCUT2D eigenvalue weighted by Gasteiger charge is -2.38. The van der Waals surface area contributed by atoms with Crippen LogP contribution in [0.25, 0.3) is 0 Å². The van der Waals surface area contributed by atoms with Gasteiger partial charge in [-0.3, -0.25) is 4.79 Å². The predicted molar refractivity (Wildman–Crippen MR) is 81.1 cm³/mol. The van der Waals surface area contributed by atoms with Crippen LogP contribution in [0.4, 0.5) is 5.69 Å². The van der Waals surface area contributed by atoms with E-state index in [4.69, 9.17) is 11.6 Å². The third kappa shape index (κ3) is 2.38. The minimum atomic E-state index is 0.122. The monoisotopic (exact) mass is 293 g/mol. The molecule has 2 N–H and O–H groups in total. The summed E-state index contributed by atoms with van der Waals surface area (Å²) in [5.41, 5.74) is 2.23. The minimum absolute atomic E-state index is 0.122.